The fourth-order valence-electron chi connectivity index (χ4n) is 1.76. The Kier molecular flexibility index (Phi) is 4.07. The molecule has 2 N–H and O–H groups in total. The Labute approximate surface area is 115 Å². The van der Waals surface area contributed by atoms with E-state index in [9.17, 15) is 5.11 Å². The zero-order chi connectivity index (χ0) is 13.1. The van der Waals surface area contributed by atoms with E-state index in [0.29, 0.717) is 12.0 Å². The third kappa shape index (κ3) is 2.75. The number of hydrogen-bond donors (Lipinski definition) is 2. The molecule has 3 nitrogen and oxygen atoms in total. The highest BCUT2D eigenvalue weighted by Gasteiger charge is 2.12. The van der Waals surface area contributed by atoms with Crippen LogP contribution >= 0.6 is 15.9 Å². The Hall–Kier alpha value is -1.29. The topological polar surface area (TPSA) is 45.2 Å². The molecule has 1 aromatic heterocycles. The maximum absolute atomic E-state index is 9.58. The molecule has 0 saturated carbocycles. The average Bonchev–Trinajstić information content (AvgIpc) is 2.38. The molecule has 0 amide bonds. The van der Waals surface area contributed by atoms with E-state index in [1.54, 1.807) is 18.3 Å². The summed E-state index contributed by atoms with van der Waals surface area (Å²) >= 11 is 3.49. The van der Waals surface area contributed by atoms with Crippen molar-refractivity contribution >= 4 is 32.5 Å². The number of phenols is 1. The summed E-state index contributed by atoms with van der Waals surface area (Å²) in [6.07, 6.45) is 1.78. The van der Waals surface area contributed by atoms with E-state index in [-0.39, 0.29) is 5.75 Å². The van der Waals surface area contributed by atoms with Gasteiger partial charge in [0.2, 0.25) is 0 Å². The number of phenolic OH excluding ortho intramolecular Hbond substituents is 1. The van der Waals surface area contributed by atoms with Gasteiger partial charge < -0.3 is 10.4 Å². The van der Waals surface area contributed by atoms with E-state index in [1.165, 1.54) is 0 Å². The highest BCUT2D eigenvalue weighted by Crippen LogP contribution is 2.26. The fraction of sp³-hybridized carbons (Fsp3) is 0.357. The molecule has 18 heavy (non-hydrogen) atoms. The molecule has 0 aliphatic rings. The Morgan fingerprint density at radius 3 is 2.83 bits per heavy atom. The molecule has 0 radical (unpaired) electrons. The first-order valence-electron chi connectivity index (χ1n) is 6.02. The summed E-state index contributed by atoms with van der Waals surface area (Å²) in [6.45, 7) is 4.31. The number of aromatic nitrogens is 1. The number of alkyl halides is 1. The summed E-state index contributed by atoms with van der Waals surface area (Å²) in [7, 11) is 0. The van der Waals surface area contributed by atoms with E-state index in [0.717, 1.165) is 21.9 Å². The number of halogens is 1. The van der Waals surface area contributed by atoms with Crippen LogP contribution in [0.2, 0.25) is 0 Å². The summed E-state index contributed by atoms with van der Waals surface area (Å²) in [5.41, 5.74) is 0. The van der Waals surface area contributed by atoms with Gasteiger partial charge in [-0.25, -0.2) is 4.98 Å². The lowest BCUT2D eigenvalue weighted by molar-refractivity contribution is 0.476. The third-order valence-electron chi connectivity index (χ3n) is 3.21. The molecule has 2 atom stereocenters. The van der Waals surface area contributed by atoms with Crippen molar-refractivity contribution in [3.8, 4) is 5.75 Å². The average molecular weight is 309 g/mol. The molecular weight excluding hydrogens is 292 g/mol. The zero-order valence-corrected chi connectivity index (χ0v) is 12.1. The van der Waals surface area contributed by atoms with Crippen LogP contribution in [0.3, 0.4) is 0 Å². The van der Waals surface area contributed by atoms with Gasteiger partial charge in [0.05, 0.1) is 0 Å². The van der Waals surface area contributed by atoms with Gasteiger partial charge in [-0.15, -0.1) is 0 Å². The molecule has 96 valence electrons. The number of fused-ring (bicyclic) bond motifs is 1. The van der Waals surface area contributed by atoms with E-state index in [2.05, 4.69) is 40.1 Å². The van der Waals surface area contributed by atoms with E-state index < -0.39 is 0 Å². The predicted molar refractivity (Wildman–Crippen MR) is 79.5 cm³/mol. The first kappa shape index (κ1) is 13.1. The van der Waals surface area contributed by atoms with E-state index in [1.807, 2.05) is 12.1 Å². The first-order valence-corrected chi connectivity index (χ1v) is 7.14. The van der Waals surface area contributed by atoms with E-state index in [4.69, 9.17) is 0 Å². The molecule has 0 aliphatic carbocycles. The van der Waals surface area contributed by atoms with Gasteiger partial charge in [0.15, 0.2) is 0 Å². The van der Waals surface area contributed by atoms with Crippen molar-refractivity contribution in [1.82, 2.24) is 4.98 Å². The number of hydrogen-bond acceptors (Lipinski definition) is 3. The summed E-state index contributed by atoms with van der Waals surface area (Å²) < 4.78 is 0. The van der Waals surface area contributed by atoms with Gasteiger partial charge in [0, 0.05) is 23.0 Å². The van der Waals surface area contributed by atoms with Gasteiger partial charge in [-0.1, -0.05) is 28.9 Å². The quantitative estimate of drug-likeness (QED) is 0.845. The highest BCUT2D eigenvalue weighted by atomic mass is 79.9. The number of rotatable bonds is 4. The van der Waals surface area contributed by atoms with Crippen molar-refractivity contribution in [2.75, 3.05) is 10.6 Å². The number of pyridine rings is 1. The molecule has 2 aromatic rings. The SMILES string of the molecule is CC(CBr)C(C)Nc1nccc2ccc(O)cc12. The van der Waals surface area contributed by atoms with Crippen molar-refractivity contribution in [2.45, 2.75) is 19.9 Å². The standard InChI is InChI=1S/C14H17BrN2O/c1-9(8-15)10(2)17-14-13-7-12(18)4-3-11(13)5-6-16-14/h3-7,9-10,18H,8H2,1-2H3,(H,16,17). The second-order valence-corrected chi connectivity index (χ2v) is 5.28. The number of anilines is 1. The maximum Gasteiger partial charge on any atom is 0.134 e. The van der Waals surface area contributed by atoms with Gasteiger partial charge in [-0.05, 0) is 36.4 Å². The van der Waals surface area contributed by atoms with Gasteiger partial charge in [0.25, 0.3) is 0 Å². The van der Waals surface area contributed by atoms with Crippen LogP contribution in [-0.2, 0) is 0 Å². The Morgan fingerprint density at radius 1 is 1.33 bits per heavy atom. The lowest BCUT2D eigenvalue weighted by Gasteiger charge is -2.20. The summed E-state index contributed by atoms with van der Waals surface area (Å²) in [4.78, 5) is 4.37. The van der Waals surface area contributed by atoms with Gasteiger partial charge in [-0.2, -0.15) is 0 Å². The van der Waals surface area contributed by atoms with Crippen LogP contribution < -0.4 is 5.32 Å². The number of aromatic hydroxyl groups is 1. The van der Waals surface area contributed by atoms with Crippen molar-refractivity contribution in [2.24, 2.45) is 5.92 Å². The minimum atomic E-state index is 0.264. The van der Waals surface area contributed by atoms with Crippen LogP contribution in [0.5, 0.6) is 5.75 Å². The second-order valence-electron chi connectivity index (χ2n) is 4.63. The molecular formula is C14H17BrN2O. The zero-order valence-electron chi connectivity index (χ0n) is 10.5. The van der Waals surface area contributed by atoms with Crippen LogP contribution in [-0.4, -0.2) is 21.5 Å². The largest absolute Gasteiger partial charge is 0.508 e. The monoisotopic (exact) mass is 308 g/mol. The molecule has 0 spiro atoms. The predicted octanol–water partition coefficient (Wildman–Crippen LogP) is 3.77. The summed E-state index contributed by atoms with van der Waals surface area (Å²) in [6, 6.07) is 7.59. The van der Waals surface area contributed by atoms with Crippen LogP contribution in [0.15, 0.2) is 30.5 Å². The van der Waals surface area contributed by atoms with Gasteiger partial charge >= 0.3 is 0 Å². The lowest BCUT2D eigenvalue weighted by atomic mass is 10.1. The molecule has 1 aromatic carbocycles. The molecule has 1 heterocycles. The summed E-state index contributed by atoms with van der Waals surface area (Å²) in [5.74, 6) is 1.59. The molecule has 0 fully saturated rings. The smallest absolute Gasteiger partial charge is 0.134 e. The normalized spacial score (nSPS) is 14.4. The van der Waals surface area contributed by atoms with Crippen LogP contribution in [0, 0.1) is 5.92 Å². The number of nitrogens with zero attached hydrogens (tertiary/aromatic N) is 1. The van der Waals surface area contributed by atoms with E-state index >= 15 is 0 Å². The van der Waals surface area contributed by atoms with Gasteiger partial charge in [0.1, 0.15) is 11.6 Å². The molecule has 0 bridgehead atoms. The third-order valence-corrected chi connectivity index (χ3v) is 4.23. The van der Waals surface area contributed by atoms with Gasteiger partial charge in [-0.3, -0.25) is 0 Å². The molecule has 4 heteroatoms. The molecule has 0 saturated heterocycles. The minimum Gasteiger partial charge on any atom is -0.508 e. The minimum absolute atomic E-state index is 0.264. The molecule has 2 rings (SSSR count). The van der Waals surface area contributed by atoms with Crippen molar-refractivity contribution in [3.05, 3.63) is 30.5 Å². The second kappa shape index (κ2) is 5.57. The summed E-state index contributed by atoms with van der Waals surface area (Å²) in [5, 5.41) is 16.0. The Bertz CT molecular complexity index is 544. The van der Waals surface area contributed by atoms with Crippen LogP contribution in [0.1, 0.15) is 13.8 Å². The molecule has 2 unspecified atom stereocenters. The first-order chi connectivity index (χ1) is 8.61. The molecule has 0 aliphatic heterocycles. The Morgan fingerprint density at radius 2 is 2.11 bits per heavy atom. The van der Waals surface area contributed by atoms with Crippen LogP contribution in [0.25, 0.3) is 10.8 Å². The highest BCUT2D eigenvalue weighted by molar-refractivity contribution is 9.09. The fourth-order valence-corrected chi connectivity index (χ4v) is 2.32. The van der Waals surface area contributed by atoms with Crippen molar-refractivity contribution in [3.63, 3.8) is 0 Å². The van der Waals surface area contributed by atoms with Crippen molar-refractivity contribution in [1.29, 1.82) is 0 Å². The Balaban J connectivity index is 2.35. The number of nitrogens with one attached hydrogen (secondary N) is 1. The van der Waals surface area contributed by atoms with Crippen LogP contribution in [0.4, 0.5) is 5.82 Å². The maximum atomic E-state index is 9.58. The van der Waals surface area contributed by atoms with Crippen molar-refractivity contribution < 1.29 is 5.11 Å². The number of benzene rings is 1. The lowest BCUT2D eigenvalue weighted by Crippen LogP contribution is -2.25.